The third-order valence-corrected chi connectivity index (χ3v) is 1.70. The van der Waals surface area contributed by atoms with Gasteiger partial charge in [-0.1, -0.05) is 6.08 Å². The number of hydrogen-bond donors (Lipinski definition) is 2. The van der Waals surface area contributed by atoms with Crippen molar-refractivity contribution in [3.8, 4) is 0 Å². The Kier molecular flexibility index (Phi) is 3.46. The first kappa shape index (κ1) is 9.74. The fourth-order valence-corrected chi connectivity index (χ4v) is 1.03. The maximum Gasteiger partial charge on any atom is 0.0855 e. The van der Waals surface area contributed by atoms with Crippen LogP contribution in [0.3, 0.4) is 0 Å². The van der Waals surface area contributed by atoms with Gasteiger partial charge in [0, 0.05) is 6.20 Å². The lowest BCUT2D eigenvalue weighted by molar-refractivity contribution is 1.01. The largest absolute Gasteiger partial charge is 0.397 e. The third kappa shape index (κ3) is 2.87. The minimum atomic E-state index is 0.655. The summed E-state index contributed by atoms with van der Waals surface area (Å²) in [6.07, 6.45) is 6.54. The van der Waals surface area contributed by atoms with Crippen LogP contribution in [0.2, 0.25) is 0 Å². The Bertz CT molecular complexity index is 305. The molecule has 0 aromatic carbocycles. The van der Waals surface area contributed by atoms with Crippen LogP contribution in [-0.2, 0) is 0 Å². The maximum absolute atomic E-state index is 5.76. The monoisotopic (exact) mass is 177 g/mol. The highest BCUT2D eigenvalue weighted by Crippen LogP contribution is 2.11. The van der Waals surface area contributed by atoms with Crippen LogP contribution in [-0.4, -0.2) is 11.5 Å². The van der Waals surface area contributed by atoms with Gasteiger partial charge in [0.25, 0.3) is 0 Å². The van der Waals surface area contributed by atoms with Crippen LogP contribution in [0.15, 0.2) is 18.3 Å². The van der Waals surface area contributed by atoms with E-state index in [1.165, 1.54) is 0 Å². The molecule has 13 heavy (non-hydrogen) atoms. The number of hydrogen-bond acceptors (Lipinski definition) is 3. The van der Waals surface area contributed by atoms with Crippen LogP contribution in [0.1, 0.15) is 17.7 Å². The second-order valence-electron chi connectivity index (χ2n) is 2.97. The first-order valence-corrected chi connectivity index (χ1v) is 4.33. The molecule has 1 aromatic heterocycles. The number of pyridine rings is 1. The molecule has 0 aliphatic rings. The van der Waals surface area contributed by atoms with Crippen molar-refractivity contribution >= 4 is 11.8 Å². The van der Waals surface area contributed by atoms with E-state index in [-0.39, 0.29) is 0 Å². The fourth-order valence-electron chi connectivity index (χ4n) is 1.03. The van der Waals surface area contributed by atoms with Gasteiger partial charge in [-0.05, 0) is 37.6 Å². The van der Waals surface area contributed by atoms with Crippen LogP contribution in [0.5, 0.6) is 0 Å². The molecule has 0 unspecified atom stereocenters. The smallest absolute Gasteiger partial charge is 0.0855 e. The first-order valence-electron chi connectivity index (χ1n) is 4.33. The van der Waals surface area contributed by atoms with Gasteiger partial charge in [0.05, 0.1) is 11.4 Å². The molecular weight excluding hydrogens is 162 g/mol. The number of nitrogens with two attached hydrogens (primary N) is 2. The lowest BCUT2D eigenvalue weighted by Gasteiger charge is -1.99. The lowest BCUT2D eigenvalue weighted by atomic mass is 10.2. The van der Waals surface area contributed by atoms with Gasteiger partial charge in [0.2, 0.25) is 0 Å². The van der Waals surface area contributed by atoms with E-state index in [4.69, 9.17) is 11.5 Å². The Balaban J connectivity index is 2.77. The summed E-state index contributed by atoms with van der Waals surface area (Å²) in [5.41, 5.74) is 13.7. The Morgan fingerprint density at radius 2 is 2.31 bits per heavy atom. The summed E-state index contributed by atoms with van der Waals surface area (Å²) < 4.78 is 0. The molecule has 0 bridgehead atoms. The van der Waals surface area contributed by atoms with Crippen molar-refractivity contribution in [3.05, 3.63) is 29.6 Å². The van der Waals surface area contributed by atoms with Gasteiger partial charge in [-0.25, -0.2) is 0 Å². The Morgan fingerprint density at radius 1 is 1.54 bits per heavy atom. The lowest BCUT2D eigenvalue weighted by Crippen LogP contribution is -1.96. The third-order valence-electron chi connectivity index (χ3n) is 1.70. The number of anilines is 1. The van der Waals surface area contributed by atoms with E-state index in [2.05, 4.69) is 4.98 Å². The molecule has 3 heteroatoms. The van der Waals surface area contributed by atoms with E-state index in [9.17, 15) is 0 Å². The summed E-state index contributed by atoms with van der Waals surface area (Å²) in [7, 11) is 0. The Hall–Kier alpha value is -1.35. The van der Waals surface area contributed by atoms with Crippen molar-refractivity contribution in [1.82, 2.24) is 4.98 Å². The van der Waals surface area contributed by atoms with Crippen molar-refractivity contribution in [3.63, 3.8) is 0 Å². The average Bonchev–Trinajstić information content (AvgIpc) is 2.09. The van der Waals surface area contributed by atoms with E-state index < -0.39 is 0 Å². The summed E-state index contributed by atoms with van der Waals surface area (Å²) >= 11 is 0. The summed E-state index contributed by atoms with van der Waals surface area (Å²) in [6.45, 7) is 2.62. The van der Waals surface area contributed by atoms with Crippen LogP contribution in [0.25, 0.3) is 6.08 Å². The Morgan fingerprint density at radius 3 is 2.92 bits per heavy atom. The highest BCUT2D eigenvalue weighted by Gasteiger charge is 1.95. The molecule has 0 spiro atoms. The van der Waals surface area contributed by atoms with Crippen LogP contribution >= 0.6 is 0 Å². The normalized spacial score (nSPS) is 10.9. The highest BCUT2D eigenvalue weighted by atomic mass is 14.7. The molecule has 0 saturated heterocycles. The summed E-state index contributed by atoms with van der Waals surface area (Å²) in [6, 6.07) is 1.91. The van der Waals surface area contributed by atoms with E-state index >= 15 is 0 Å². The topological polar surface area (TPSA) is 64.9 Å². The highest BCUT2D eigenvalue weighted by molar-refractivity contribution is 5.60. The van der Waals surface area contributed by atoms with Crippen LogP contribution in [0.4, 0.5) is 5.69 Å². The predicted molar refractivity (Wildman–Crippen MR) is 56.1 cm³/mol. The zero-order valence-corrected chi connectivity index (χ0v) is 7.83. The quantitative estimate of drug-likeness (QED) is 0.732. The van der Waals surface area contributed by atoms with E-state index in [1.54, 1.807) is 6.20 Å². The molecule has 3 nitrogen and oxygen atoms in total. The minimum Gasteiger partial charge on any atom is -0.397 e. The molecule has 0 aliphatic carbocycles. The molecule has 0 amide bonds. The zero-order valence-electron chi connectivity index (χ0n) is 7.83. The van der Waals surface area contributed by atoms with Gasteiger partial charge in [-0.2, -0.15) is 0 Å². The van der Waals surface area contributed by atoms with Crippen molar-refractivity contribution in [2.24, 2.45) is 5.73 Å². The summed E-state index contributed by atoms with van der Waals surface area (Å²) in [4.78, 5) is 4.20. The predicted octanol–water partition coefficient (Wildman–Crippen LogP) is 1.33. The van der Waals surface area contributed by atoms with Gasteiger partial charge in [-0.15, -0.1) is 0 Å². The molecule has 1 rings (SSSR count). The SMILES string of the molecule is Cc1cnc(C=CCCN)c(N)c1. The Labute approximate surface area is 78.5 Å². The van der Waals surface area contributed by atoms with Gasteiger partial charge < -0.3 is 11.5 Å². The number of nitrogen functional groups attached to an aromatic ring is 1. The molecule has 0 saturated carbocycles. The number of aryl methyl sites for hydroxylation is 1. The fraction of sp³-hybridized carbons (Fsp3) is 0.300. The number of rotatable bonds is 3. The van der Waals surface area contributed by atoms with Crippen molar-refractivity contribution < 1.29 is 0 Å². The summed E-state index contributed by atoms with van der Waals surface area (Å²) in [5, 5.41) is 0. The van der Waals surface area contributed by atoms with E-state index in [0.717, 1.165) is 17.7 Å². The molecule has 1 heterocycles. The van der Waals surface area contributed by atoms with Gasteiger partial charge in [0.1, 0.15) is 0 Å². The summed E-state index contributed by atoms with van der Waals surface area (Å²) in [5.74, 6) is 0. The molecule has 1 aromatic rings. The van der Waals surface area contributed by atoms with Gasteiger partial charge >= 0.3 is 0 Å². The second kappa shape index (κ2) is 4.62. The van der Waals surface area contributed by atoms with Crippen LogP contribution in [0, 0.1) is 6.92 Å². The van der Waals surface area contributed by atoms with Gasteiger partial charge in [-0.3, -0.25) is 4.98 Å². The van der Waals surface area contributed by atoms with Crippen LogP contribution < -0.4 is 11.5 Å². The molecule has 0 atom stereocenters. The number of nitrogens with zero attached hydrogens (tertiary/aromatic N) is 1. The average molecular weight is 177 g/mol. The zero-order chi connectivity index (χ0) is 9.68. The molecule has 0 aliphatic heterocycles. The molecule has 70 valence electrons. The molecule has 0 radical (unpaired) electrons. The van der Waals surface area contributed by atoms with E-state index in [1.807, 2.05) is 25.1 Å². The maximum atomic E-state index is 5.76. The minimum absolute atomic E-state index is 0.655. The standard InChI is InChI=1S/C10H15N3/c1-8-6-9(12)10(13-7-8)4-2-3-5-11/h2,4,6-7H,3,5,11-12H2,1H3. The van der Waals surface area contributed by atoms with Crippen molar-refractivity contribution in [2.75, 3.05) is 12.3 Å². The number of aromatic nitrogens is 1. The molecule has 4 N–H and O–H groups in total. The van der Waals surface area contributed by atoms with Crippen molar-refractivity contribution in [2.45, 2.75) is 13.3 Å². The van der Waals surface area contributed by atoms with Gasteiger partial charge in [0.15, 0.2) is 0 Å². The van der Waals surface area contributed by atoms with Crippen molar-refractivity contribution in [1.29, 1.82) is 0 Å². The van der Waals surface area contributed by atoms with E-state index in [0.29, 0.717) is 12.2 Å². The molecular formula is C10H15N3. The first-order chi connectivity index (χ1) is 6.24. The second-order valence-corrected chi connectivity index (χ2v) is 2.97. The molecule has 0 fully saturated rings.